The highest BCUT2D eigenvalue weighted by Gasteiger charge is 2.39. The van der Waals surface area contributed by atoms with Crippen molar-refractivity contribution in [2.75, 3.05) is 26.2 Å². The Bertz CT molecular complexity index is 711. The fourth-order valence-corrected chi connectivity index (χ4v) is 4.01. The third kappa shape index (κ3) is 8.67. The monoisotopic (exact) mass is 481 g/mol. The molecule has 0 spiro atoms. The molecule has 4 amide bonds. The molecule has 0 aliphatic carbocycles. The second kappa shape index (κ2) is 13.8. The molecule has 1 heterocycles. The van der Waals surface area contributed by atoms with E-state index in [1.807, 2.05) is 48.5 Å². The normalized spacial score (nSPS) is 19.8. The van der Waals surface area contributed by atoms with Crippen molar-refractivity contribution in [1.29, 1.82) is 0 Å². The van der Waals surface area contributed by atoms with Crippen LogP contribution in [0.3, 0.4) is 0 Å². The molecule has 0 radical (unpaired) electrons. The number of carbonyl (C=O) groups excluding carboxylic acids is 4. The Morgan fingerprint density at radius 3 is 2.26 bits per heavy atom. The number of likely N-dealkylation sites (tertiary alicyclic amines) is 1. The number of nitrogens with zero attached hydrogens (tertiary/aromatic N) is 1. The van der Waals surface area contributed by atoms with Crippen LogP contribution in [0, 0.1) is 17.3 Å². The van der Waals surface area contributed by atoms with Crippen LogP contribution in [0.15, 0.2) is 0 Å². The Morgan fingerprint density at radius 2 is 1.74 bits per heavy atom. The summed E-state index contributed by atoms with van der Waals surface area (Å²) in [6.07, 6.45) is 4.04. The molecular weight excluding hydrogens is 434 g/mol. The Balaban J connectivity index is 2.44. The van der Waals surface area contributed by atoms with Gasteiger partial charge in [-0.15, -0.1) is 0 Å². The zero-order chi connectivity index (χ0) is 25.9. The molecule has 1 aliphatic heterocycles. The quantitative estimate of drug-likeness (QED) is 0.329. The van der Waals surface area contributed by atoms with Gasteiger partial charge < -0.3 is 15.4 Å². The van der Waals surface area contributed by atoms with Gasteiger partial charge >= 0.3 is 0 Å². The number of imide groups is 1. The van der Waals surface area contributed by atoms with Gasteiger partial charge in [0, 0.05) is 50.4 Å². The first kappa shape index (κ1) is 30.1. The van der Waals surface area contributed by atoms with Gasteiger partial charge in [0.2, 0.25) is 23.6 Å². The van der Waals surface area contributed by atoms with Crippen molar-refractivity contribution in [3.63, 3.8) is 0 Å². The molecule has 1 aliphatic rings. The van der Waals surface area contributed by atoms with Crippen molar-refractivity contribution in [2.24, 2.45) is 17.3 Å². The van der Waals surface area contributed by atoms with E-state index in [9.17, 15) is 19.2 Å². The molecule has 3 unspecified atom stereocenters. The summed E-state index contributed by atoms with van der Waals surface area (Å²) >= 11 is 0. The van der Waals surface area contributed by atoms with E-state index in [2.05, 4.69) is 10.6 Å². The van der Waals surface area contributed by atoms with Crippen LogP contribution < -0.4 is 10.6 Å². The van der Waals surface area contributed by atoms with E-state index in [-0.39, 0.29) is 54.9 Å². The van der Waals surface area contributed by atoms with E-state index >= 15 is 0 Å². The van der Waals surface area contributed by atoms with Crippen molar-refractivity contribution >= 4 is 23.6 Å². The fraction of sp³-hybridized carbons (Fsp3) is 0.846. The van der Waals surface area contributed by atoms with Crippen molar-refractivity contribution in [3.8, 4) is 0 Å². The predicted octanol–water partition coefficient (Wildman–Crippen LogP) is 3.43. The molecule has 0 aromatic carbocycles. The number of nitrogens with one attached hydrogen (secondary N) is 2. The average molecular weight is 482 g/mol. The number of carbonyl (C=O) groups is 4. The summed E-state index contributed by atoms with van der Waals surface area (Å²) in [5, 5.41) is 5.88. The van der Waals surface area contributed by atoms with Gasteiger partial charge in [0.05, 0.1) is 5.60 Å². The molecule has 1 fully saturated rings. The third-order valence-corrected chi connectivity index (χ3v) is 7.34. The first-order valence-corrected chi connectivity index (χ1v) is 13.0. The van der Waals surface area contributed by atoms with Crippen LogP contribution in [0.2, 0.25) is 0 Å². The highest BCUT2D eigenvalue weighted by Crippen LogP contribution is 2.29. The molecule has 0 saturated carbocycles. The molecule has 196 valence electrons. The molecule has 2 N–H and O–H groups in total. The highest BCUT2D eigenvalue weighted by molar-refractivity contribution is 6.03. The lowest BCUT2D eigenvalue weighted by Gasteiger charge is -2.32. The lowest BCUT2D eigenvalue weighted by molar-refractivity contribution is -0.140. The summed E-state index contributed by atoms with van der Waals surface area (Å²) in [5.74, 6) is -0.625. The summed E-state index contributed by atoms with van der Waals surface area (Å²) in [5.41, 5.74) is -0.871. The summed E-state index contributed by atoms with van der Waals surface area (Å²) in [7, 11) is 0. The van der Waals surface area contributed by atoms with Gasteiger partial charge in [0.25, 0.3) is 0 Å². The minimum atomic E-state index is -0.461. The van der Waals surface area contributed by atoms with Crippen LogP contribution in [-0.4, -0.2) is 60.4 Å². The van der Waals surface area contributed by atoms with E-state index in [1.54, 1.807) is 0 Å². The van der Waals surface area contributed by atoms with Gasteiger partial charge in [-0.2, -0.15) is 0 Å². The van der Waals surface area contributed by atoms with Gasteiger partial charge in [0.15, 0.2) is 0 Å². The minimum Gasteiger partial charge on any atom is -0.375 e. The molecule has 1 saturated heterocycles. The lowest BCUT2D eigenvalue weighted by atomic mass is 9.83. The summed E-state index contributed by atoms with van der Waals surface area (Å²) in [6, 6.07) is 0. The van der Waals surface area contributed by atoms with E-state index in [0.717, 1.165) is 19.3 Å². The molecule has 0 aromatic rings. The van der Waals surface area contributed by atoms with Crippen LogP contribution in [0.4, 0.5) is 0 Å². The zero-order valence-corrected chi connectivity index (χ0v) is 22.4. The van der Waals surface area contributed by atoms with Crippen molar-refractivity contribution in [1.82, 2.24) is 15.5 Å². The first-order chi connectivity index (χ1) is 15.9. The smallest absolute Gasteiger partial charge is 0.233 e. The number of hydrogen-bond acceptors (Lipinski definition) is 5. The molecule has 3 atom stereocenters. The molecule has 1 rings (SSSR count). The fourth-order valence-electron chi connectivity index (χ4n) is 4.01. The second-order valence-electron chi connectivity index (χ2n) is 10.4. The van der Waals surface area contributed by atoms with Crippen LogP contribution in [0.25, 0.3) is 0 Å². The number of rotatable bonds is 16. The van der Waals surface area contributed by atoms with Crippen molar-refractivity contribution in [2.45, 2.75) is 99.0 Å². The van der Waals surface area contributed by atoms with Crippen molar-refractivity contribution < 1.29 is 23.9 Å². The summed E-state index contributed by atoms with van der Waals surface area (Å²) in [6.45, 7) is 15.7. The van der Waals surface area contributed by atoms with Crippen LogP contribution >= 0.6 is 0 Å². The SMILES string of the molecule is CCCNC(=O)C(C)(CC)CCOC(C)(CC)CCNC(=O)CCN1C(=O)CC(C(C)C)C1=O. The van der Waals surface area contributed by atoms with Gasteiger partial charge in [-0.1, -0.05) is 41.5 Å². The predicted molar refractivity (Wildman–Crippen MR) is 133 cm³/mol. The van der Waals surface area contributed by atoms with Gasteiger partial charge in [-0.05, 0) is 44.9 Å². The Morgan fingerprint density at radius 1 is 1.06 bits per heavy atom. The standard InChI is InChI=1S/C26H47N3O5/c1-8-14-28-24(33)25(6,9-2)13-17-34-26(7,10-3)12-15-27-21(30)11-16-29-22(31)18-20(19(4)5)23(29)32/h19-20H,8-18H2,1-7H3,(H,27,30)(H,28,33). The van der Waals surface area contributed by atoms with Crippen LogP contribution in [0.1, 0.15) is 93.4 Å². The Labute approximate surface area is 205 Å². The first-order valence-electron chi connectivity index (χ1n) is 13.0. The largest absolute Gasteiger partial charge is 0.375 e. The molecule has 0 aromatic heterocycles. The summed E-state index contributed by atoms with van der Waals surface area (Å²) < 4.78 is 6.19. The molecule has 8 heteroatoms. The van der Waals surface area contributed by atoms with E-state index in [1.165, 1.54) is 4.90 Å². The molecule has 8 nitrogen and oxygen atoms in total. The third-order valence-electron chi connectivity index (χ3n) is 7.34. The minimum absolute atomic E-state index is 0.0700. The van der Waals surface area contributed by atoms with Crippen LogP contribution in [0.5, 0.6) is 0 Å². The number of hydrogen-bond donors (Lipinski definition) is 2. The number of ether oxygens (including phenoxy) is 1. The van der Waals surface area contributed by atoms with E-state index < -0.39 is 11.0 Å². The van der Waals surface area contributed by atoms with Crippen molar-refractivity contribution in [3.05, 3.63) is 0 Å². The van der Waals surface area contributed by atoms with Gasteiger partial charge in [0.1, 0.15) is 0 Å². The maximum absolute atomic E-state index is 12.5. The van der Waals surface area contributed by atoms with E-state index in [4.69, 9.17) is 4.74 Å². The highest BCUT2D eigenvalue weighted by atomic mass is 16.5. The number of amides is 4. The average Bonchev–Trinajstić information content (AvgIpc) is 3.09. The Kier molecular flexibility index (Phi) is 12.2. The Hall–Kier alpha value is -1.96. The molecular formula is C26H47N3O5. The van der Waals surface area contributed by atoms with Crippen LogP contribution in [-0.2, 0) is 23.9 Å². The van der Waals surface area contributed by atoms with E-state index in [0.29, 0.717) is 32.5 Å². The van der Waals surface area contributed by atoms with Gasteiger partial charge in [-0.25, -0.2) is 0 Å². The topological polar surface area (TPSA) is 105 Å². The molecule has 34 heavy (non-hydrogen) atoms. The maximum Gasteiger partial charge on any atom is 0.233 e. The lowest BCUT2D eigenvalue weighted by Crippen LogP contribution is -2.41. The zero-order valence-electron chi connectivity index (χ0n) is 22.4. The maximum atomic E-state index is 12.5. The second-order valence-corrected chi connectivity index (χ2v) is 10.4. The van der Waals surface area contributed by atoms with Gasteiger partial charge in [-0.3, -0.25) is 24.1 Å². The molecule has 0 bridgehead atoms. The summed E-state index contributed by atoms with van der Waals surface area (Å²) in [4.78, 5) is 50.5.